The van der Waals surface area contributed by atoms with Gasteiger partial charge < -0.3 is 0 Å². The van der Waals surface area contributed by atoms with Crippen molar-refractivity contribution in [2.24, 2.45) is 5.92 Å². The normalized spacial score (nSPS) is 12.8. The van der Waals surface area contributed by atoms with E-state index in [1.165, 1.54) is 141 Å². The highest BCUT2D eigenvalue weighted by Gasteiger charge is 1.98. The lowest BCUT2D eigenvalue weighted by molar-refractivity contribution is 0.469. The zero-order chi connectivity index (χ0) is 20.5. The number of allylic oxidation sites excluding steroid dienone is 2. The monoisotopic (exact) mass is 392 g/mol. The topological polar surface area (TPSA) is 0 Å². The summed E-state index contributed by atoms with van der Waals surface area (Å²) in [5, 5.41) is 0. The Morgan fingerprint density at radius 1 is 0.464 bits per heavy atom. The van der Waals surface area contributed by atoms with Gasteiger partial charge in [0.25, 0.3) is 0 Å². The highest BCUT2D eigenvalue weighted by molar-refractivity contribution is 4.81. The van der Waals surface area contributed by atoms with Gasteiger partial charge in [0, 0.05) is 0 Å². The molecule has 0 spiro atoms. The quantitative estimate of drug-likeness (QED) is 0.120. The molecule has 0 nitrogen and oxygen atoms in total. The van der Waals surface area contributed by atoms with Gasteiger partial charge in [0.2, 0.25) is 0 Å². The van der Waals surface area contributed by atoms with Crippen LogP contribution < -0.4 is 0 Å². The fraction of sp³-hybridized carbons (Fsp3) is 0.929. The second-order valence-electron chi connectivity index (χ2n) is 9.36. The molecule has 0 aliphatic heterocycles. The lowest BCUT2D eigenvalue weighted by Crippen LogP contribution is -1.91. The van der Waals surface area contributed by atoms with Crippen LogP contribution in [0.25, 0.3) is 0 Å². The molecular weight excluding hydrogens is 336 g/mol. The van der Waals surface area contributed by atoms with E-state index < -0.39 is 0 Å². The van der Waals surface area contributed by atoms with Crippen LogP contribution in [0.1, 0.15) is 162 Å². The van der Waals surface area contributed by atoms with Gasteiger partial charge in [0.1, 0.15) is 0 Å². The van der Waals surface area contributed by atoms with E-state index in [0.717, 1.165) is 5.92 Å². The van der Waals surface area contributed by atoms with E-state index in [0.29, 0.717) is 0 Å². The van der Waals surface area contributed by atoms with Crippen molar-refractivity contribution < 1.29 is 0 Å². The minimum atomic E-state index is 0.944. The standard InChI is InChI=1S/C28H56/c1-4-6-7-8-9-10-11-12-13-14-15-16-17-18-19-20-21-22-23-24-25-26-27-28(3)5-2/h15-16,28H,4-14,17-27H2,1-3H3. The van der Waals surface area contributed by atoms with Crippen LogP contribution >= 0.6 is 0 Å². The van der Waals surface area contributed by atoms with E-state index in [9.17, 15) is 0 Å². The van der Waals surface area contributed by atoms with Crippen molar-refractivity contribution in [3.63, 3.8) is 0 Å². The zero-order valence-corrected chi connectivity index (χ0v) is 20.3. The summed E-state index contributed by atoms with van der Waals surface area (Å²) in [6, 6.07) is 0. The lowest BCUT2D eigenvalue weighted by atomic mass is 9.99. The predicted molar refractivity (Wildman–Crippen MR) is 131 cm³/mol. The molecule has 1 unspecified atom stereocenters. The molecule has 0 heterocycles. The highest BCUT2D eigenvalue weighted by atomic mass is 14.0. The average Bonchev–Trinajstić information content (AvgIpc) is 2.71. The summed E-state index contributed by atoms with van der Waals surface area (Å²) in [4.78, 5) is 0. The molecule has 0 aliphatic rings. The Hall–Kier alpha value is -0.260. The molecule has 0 aromatic heterocycles. The summed E-state index contributed by atoms with van der Waals surface area (Å²) in [6.45, 7) is 7.01. The molecule has 0 amide bonds. The fourth-order valence-corrected chi connectivity index (χ4v) is 4.01. The minimum Gasteiger partial charge on any atom is -0.0885 e. The molecule has 0 rings (SSSR count). The first-order chi connectivity index (χ1) is 13.8. The molecule has 0 aliphatic carbocycles. The Morgan fingerprint density at radius 2 is 0.821 bits per heavy atom. The third-order valence-corrected chi connectivity index (χ3v) is 6.41. The summed E-state index contributed by atoms with van der Waals surface area (Å²) >= 11 is 0. The summed E-state index contributed by atoms with van der Waals surface area (Å²) in [5.41, 5.74) is 0. The van der Waals surface area contributed by atoms with E-state index in [1.807, 2.05) is 0 Å². The van der Waals surface area contributed by atoms with E-state index in [-0.39, 0.29) is 0 Å². The maximum Gasteiger partial charge on any atom is -0.0351 e. The van der Waals surface area contributed by atoms with Crippen LogP contribution in [0.15, 0.2) is 12.2 Å². The Labute approximate surface area is 180 Å². The molecule has 0 fully saturated rings. The lowest BCUT2D eigenvalue weighted by Gasteiger charge is -2.07. The SMILES string of the molecule is CCCCCCCCCCCC=CCCCCCCCCCCCC(C)CC. The second-order valence-corrected chi connectivity index (χ2v) is 9.36. The molecule has 1 atom stereocenters. The van der Waals surface area contributed by atoms with Crippen molar-refractivity contribution >= 4 is 0 Å². The van der Waals surface area contributed by atoms with Gasteiger partial charge in [-0.25, -0.2) is 0 Å². The van der Waals surface area contributed by atoms with Crippen molar-refractivity contribution in [3.8, 4) is 0 Å². The first-order valence-corrected chi connectivity index (χ1v) is 13.5. The number of hydrogen-bond acceptors (Lipinski definition) is 0. The fourth-order valence-electron chi connectivity index (χ4n) is 4.01. The molecule has 0 saturated heterocycles. The summed E-state index contributed by atoms with van der Waals surface area (Å²) in [5.74, 6) is 0.944. The Bertz CT molecular complexity index is 290. The van der Waals surface area contributed by atoms with Crippen LogP contribution in [0, 0.1) is 5.92 Å². The van der Waals surface area contributed by atoms with Crippen molar-refractivity contribution in [3.05, 3.63) is 12.2 Å². The highest BCUT2D eigenvalue weighted by Crippen LogP contribution is 2.15. The van der Waals surface area contributed by atoms with Crippen molar-refractivity contribution in [2.75, 3.05) is 0 Å². The molecule has 0 N–H and O–H groups in total. The van der Waals surface area contributed by atoms with E-state index in [1.54, 1.807) is 0 Å². The van der Waals surface area contributed by atoms with Crippen LogP contribution in [-0.4, -0.2) is 0 Å². The van der Waals surface area contributed by atoms with Crippen LogP contribution in [0.5, 0.6) is 0 Å². The van der Waals surface area contributed by atoms with Gasteiger partial charge in [0.05, 0.1) is 0 Å². The molecule has 0 heteroatoms. The van der Waals surface area contributed by atoms with Gasteiger partial charge in [-0.3, -0.25) is 0 Å². The van der Waals surface area contributed by atoms with Crippen molar-refractivity contribution in [1.29, 1.82) is 0 Å². The van der Waals surface area contributed by atoms with Crippen LogP contribution in [0.3, 0.4) is 0 Å². The van der Waals surface area contributed by atoms with Crippen LogP contribution in [0.2, 0.25) is 0 Å². The third kappa shape index (κ3) is 23.8. The van der Waals surface area contributed by atoms with Crippen molar-refractivity contribution in [2.45, 2.75) is 162 Å². The van der Waals surface area contributed by atoms with Gasteiger partial charge in [-0.05, 0) is 31.6 Å². The Kier molecular flexibility index (Phi) is 24.5. The summed E-state index contributed by atoms with van der Waals surface area (Å²) in [6.07, 6.45) is 36.4. The van der Waals surface area contributed by atoms with E-state index in [4.69, 9.17) is 0 Å². The number of unbranched alkanes of at least 4 members (excludes halogenated alkanes) is 18. The largest absolute Gasteiger partial charge is 0.0885 e. The Balaban J connectivity index is 3.08. The first kappa shape index (κ1) is 27.7. The molecule has 0 saturated carbocycles. The Morgan fingerprint density at radius 3 is 1.21 bits per heavy atom. The van der Waals surface area contributed by atoms with Crippen molar-refractivity contribution in [1.82, 2.24) is 0 Å². The predicted octanol–water partition coefficient (Wildman–Crippen LogP) is 10.8. The smallest absolute Gasteiger partial charge is 0.0351 e. The number of hydrogen-bond donors (Lipinski definition) is 0. The molecule has 28 heavy (non-hydrogen) atoms. The number of rotatable bonds is 23. The first-order valence-electron chi connectivity index (χ1n) is 13.5. The van der Waals surface area contributed by atoms with Crippen LogP contribution in [-0.2, 0) is 0 Å². The molecule has 0 bridgehead atoms. The van der Waals surface area contributed by atoms with E-state index in [2.05, 4.69) is 32.9 Å². The average molecular weight is 393 g/mol. The molecule has 0 aromatic carbocycles. The summed E-state index contributed by atoms with van der Waals surface area (Å²) < 4.78 is 0. The van der Waals surface area contributed by atoms with Crippen LogP contribution in [0.4, 0.5) is 0 Å². The third-order valence-electron chi connectivity index (χ3n) is 6.41. The van der Waals surface area contributed by atoms with Gasteiger partial charge in [-0.1, -0.05) is 148 Å². The molecule has 168 valence electrons. The zero-order valence-electron chi connectivity index (χ0n) is 20.3. The minimum absolute atomic E-state index is 0.944. The van der Waals surface area contributed by atoms with E-state index >= 15 is 0 Å². The molecular formula is C28H56. The van der Waals surface area contributed by atoms with Gasteiger partial charge >= 0.3 is 0 Å². The summed E-state index contributed by atoms with van der Waals surface area (Å²) in [7, 11) is 0. The van der Waals surface area contributed by atoms with Gasteiger partial charge in [-0.2, -0.15) is 0 Å². The second kappa shape index (κ2) is 24.8. The maximum absolute atomic E-state index is 2.45. The molecule has 0 radical (unpaired) electrons. The maximum atomic E-state index is 2.45. The van der Waals surface area contributed by atoms with Gasteiger partial charge in [0.15, 0.2) is 0 Å². The molecule has 0 aromatic rings. The van der Waals surface area contributed by atoms with Gasteiger partial charge in [-0.15, -0.1) is 0 Å².